The highest BCUT2D eigenvalue weighted by atomic mass is 14.3. The Morgan fingerprint density at radius 3 is 2.75 bits per heavy atom. The maximum Gasteiger partial charge on any atom is -0.0116 e. The van der Waals surface area contributed by atoms with Crippen molar-refractivity contribution in [2.24, 2.45) is 5.92 Å². The summed E-state index contributed by atoms with van der Waals surface area (Å²) < 4.78 is 0. The van der Waals surface area contributed by atoms with Gasteiger partial charge in [-0.15, -0.1) is 0 Å². The van der Waals surface area contributed by atoms with Gasteiger partial charge in [-0.3, -0.25) is 0 Å². The van der Waals surface area contributed by atoms with E-state index in [1.807, 2.05) is 0 Å². The maximum atomic E-state index is 2.31. The molecule has 0 heterocycles. The normalized spacial score (nSPS) is 20.4. The van der Waals surface area contributed by atoms with Crippen LogP contribution in [-0.4, -0.2) is 0 Å². The molecule has 0 bridgehead atoms. The van der Waals surface area contributed by atoms with Crippen LogP contribution in [0.4, 0.5) is 0 Å². The highest BCUT2D eigenvalue weighted by Gasteiger charge is 2.25. The van der Waals surface area contributed by atoms with Gasteiger partial charge in [0.1, 0.15) is 0 Å². The van der Waals surface area contributed by atoms with Crippen molar-refractivity contribution in [2.75, 3.05) is 0 Å². The monoisotopic (exact) mass is 160 g/mol. The summed E-state index contributed by atoms with van der Waals surface area (Å²) in [5.41, 5.74) is 3.18. The van der Waals surface area contributed by atoms with Crippen LogP contribution in [0.25, 0.3) is 0 Å². The molecule has 0 amide bonds. The lowest BCUT2D eigenvalue weighted by Gasteiger charge is -2.31. The Kier molecular flexibility index (Phi) is 1.92. The van der Waals surface area contributed by atoms with Gasteiger partial charge in [0.05, 0.1) is 0 Å². The molecule has 0 N–H and O–H groups in total. The quantitative estimate of drug-likeness (QED) is 0.622. The summed E-state index contributed by atoms with van der Waals surface area (Å²) >= 11 is 0. The molecule has 1 aromatic rings. The molecule has 0 spiro atoms. The first-order valence-corrected chi connectivity index (χ1v) is 4.85. The molecule has 0 fully saturated rings. The van der Waals surface area contributed by atoms with Gasteiger partial charge in [0.25, 0.3) is 0 Å². The average molecular weight is 160 g/mol. The summed E-state index contributed by atoms with van der Waals surface area (Å²) in [6, 6.07) is 8.84. The van der Waals surface area contributed by atoms with E-state index in [0.717, 1.165) is 11.8 Å². The smallest absolute Gasteiger partial charge is 0.0116 e. The molecule has 0 saturated heterocycles. The van der Waals surface area contributed by atoms with Gasteiger partial charge in [-0.1, -0.05) is 38.1 Å². The van der Waals surface area contributed by atoms with Crippen molar-refractivity contribution >= 4 is 0 Å². The molecule has 0 nitrogen and oxygen atoms in total. The van der Waals surface area contributed by atoms with Crippen LogP contribution in [0, 0.1) is 5.92 Å². The Morgan fingerprint density at radius 1 is 1.33 bits per heavy atom. The van der Waals surface area contributed by atoms with Crippen molar-refractivity contribution in [1.82, 2.24) is 0 Å². The third kappa shape index (κ3) is 1.26. The molecule has 0 heteroatoms. The second kappa shape index (κ2) is 2.93. The van der Waals surface area contributed by atoms with Gasteiger partial charge in [0, 0.05) is 0 Å². The highest BCUT2D eigenvalue weighted by molar-refractivity contribution is 5.39. The highest BCUT2D eigenvalue weighted by Crippen LogP contribution is 2.38. The molecule has 12 heavy (non-hydrogen) atoms. The molecule has 1 aromatic carbocycles. The number of benzene rings is 1. The third-order valence-electron chi connectivity index (χ3n) is 2.72. The predicted octanol–water partition coefficient (Wildman–Crippen LogP) is 3.37. The minimum Gasteiger partial charge on any atom is -0.0628 e. The first kappa shape index (κ1) is 7.85. The third-order valence-corrected chi connectivity index (χ3v) is 2.72. The number of fused-ring (bicyclic) bond motifs is 1. The minimum absolute atomic E-state index is 0.836. The summed E-state index contributed by atoms with van der Waals surface area (Å²) in [5, 5.41) is 0. The van der Waals surface area contributed by atoms with Crippen LogP contribution >= 0.6 is 0 Å². The van der Waals surface area contributed by atoms with Crippen molar-refractivity contribution < 1.29 is 0 Å². The summed E-state index contributed by atoms with van der Waals surface area (Å²) in [7, 11) is 0. The zero-order chi connectivity index (χ0) is 8.55. The van der Waals surface area contributed by atoms with Crippen LogP contribution in [0.1, 0.15) is 37.3 Å². The lowest BCUT2D eigenvalue weighted by atomic mass is 9.74. The summed E-state index contributed by atoms with van der Waals surface area (Å²) in [4.78, 5) is 0. The van der Waals surface area contributed by atoms with E-state index in [1.165, 1.54) is 12.8 Å². The van der Waals surface area contributed by atoms with E-state index in [0.29, 0.717) is 0 Å². The molecular formula is C12H16. The van der Waals surface area contributed by atoms with Crippen LogP contribution in [0.15, 0.2) is 24.3 Å². The number of hydrogen-bond acceptors (Lipinski definition) is 0. The Balaban J connectivity index is 2.10. The van der Waals surface area contributed by atoms with Gasteiger partial charge in [0.15, 0.2) is 0 Å². The standard InChI is InChI=1S/C12H16/c1-9(2)7-11-8-10-5-3-4-6-12(10)11/h3-6,9,11H,7-8H2,1-2H3. The van der Waals surface area contributed by atoms with Gasteiger partial charge in [-0.25, -0.2) is 0 Å². The summed E-state index contributed by atoms with van der Waals surface area (Å²) in [5.74, 6) is 1.70. The molecule has 2 rings (SSSR count). The van der Waals surface area contributed by atoms with E-state index in [4.69, 9.17) is 0 Å². The largest absolute Gasteiger partial charge is 0.0628 e. The lowest BCUT2D eigenvalue weighted by molar-refractivity contribution is 0.463. The Hall–Kier alpha value is -0.780. The molecule has 1 aliphatic rings. The van der Waals surface area contributed by atoms with Crippen LogP contribution in [0.3, 0.4) is 0 Å². The van der Waals surface area contributed by atoms with Crippen molar-refractivity contribution in [3.8, 4) is 0 Å². The van der Waals surface area contributed by atoms with Gasteiger partial charge in [0.2, 0.25) is 0 Å². The number of hydrogen-bond donors (Lipinski definition) is 0. The Bertz CT molecular complexity index is 273. The zero-order valence-corrected chi connectivity index (χ0v) is 7.88. The fraction of sp³-hybridized carbons (Fsp3) is 0.500. The second-order valence-corrected chi connectivity index (χ2v) is 4.23. The van der Waals surface area contributed by atoms with Gasteiger partial charge in [-0.2, -0.15) is 0 Å². The van der Waals surface area contributed by atoms with Crippen LogP contribution in [0.5, 0.6) is 0 Å². The minimum atomic E-state index is 0.836. The average Bonchev–Trinajstić information content (AvgIpc) is 2.00. The molecule has 64 valence electrons. The van der Waals surface area contributed by atoms with E-state index in [9.17, 15) is 0 Å². The van der Waals surface area contributed by atoms with E-state index in [2.05, 4.69) is 38.1 Å². The molecule has 1 aliphatic carbocycles. The first-order valence-electron chi connectivity index (χ1n) is 4.85. The molecule has 0 saturated carbocycles. The lowest BCUT2D eigenvalue weighted by Crippen LogP contribution is -2.18. The maximum absolute atomic E-state index is 2.31. The Labute approximate surface area is 74.6 Å². The van der Waals surface area contributed by atoms with Gasteiger partial charge < -0.3 is 0 Å². The topological polar surface area (TPSA) is 0 Å². The van der Waals surface area contributed by atoms with Crippen molar-refractivity contribution in [3.63, 3.8) is 0 Å². The molecule has 0 radical (unpaired) electrons. The first-order chi connectivity index (χ1) is 5.77. The molecule has 1 unspecified atom stereocenters. The number of rotatable bonds is 2. The summed E-state index contributed by atoms with van der Waals surface area (Å²) in [6.07, 6.45) is 2.67. The molecular weight excluding hydrogens is 144 g/mol. The van der Waals surface area contributed by atoms with E-state index >= 15 is 0 Å². The van der Waals surface area contributed by atoms with Crippen molar-refractivity contribution in [3.05, 3.63) is 35.4 Å². The molecule has 1 atom stereocenters. The fourth-order valence-corrected chi connectivity index (χ4v) is 2.14. The molecule has 0 aromatic heterocycles. The van der Waals surface area contributed by atoms with E-state index in [-0.39, 0.29) is 0 Å². The Morgan fingerprint density at radius 2 is 2.08 bits per heavy atom. The predicted molar refractivity (Wildman–Crippen MR) is 52.3 cm³/mol. The molecule has 0 aliphatic heterocycles. The van der Waals surface area contributed by atoms with Crippen LogP contribution < -0.4 is 0 Å². The van der Waals surface area contributed by atoms with Crippen LogP contribution in [-0.2, 0) is 6.42 Å². The fourth-order valence-electron chi connectivity index (χ4n) is 2.14. The van der Waals surface area contributed by atoms with Crippen molar-refractivity contribution in [2.45, 2.75) is 32.6 Å². The van der Waals surface area contributed by atoms with E-state index < -0.39 is 0 Å². The SMILES string of the molecule is CC(C)CC1Cc2ccccc21. The van der Waals surface area contributed by atoms with E-state index in [1.54, 1.807) is 11.1 Å². The van der Waals surface area contributed by atoms with Crippen LogP contribution in [0.2, 0.25) is 0 Å². The second-order valence-electron chi connectivity index (χ2n) is 4.23. The van der Waals surface area contributed by atoms with Gasteiger partial charge >= 0.3 is 0 Å². The zero-order valence-electron chi connectivity index (χ0n) is 7.88. The summed E-state index contributed by atoms with van der Waals surface area (Å²) in [6.45, 7) is 4.61. The van der Waals surface area contributed by atoms with Gasteiger partial charge in [-0.05, 0) is 35.8 Å². The van der Waals surface area contributed by atoms with Crippen molar-refractivity contribution in [1.29, 1.82) is 0 Å².